The van der Waals surface area contributed by atoms with Gasteiger partial charge in [0.2, 0.25) is 0 Å². The van der Waals surface area contributed by atoms with E-state index in [2.05, 4.69) is 41.5 Å². The van der Waals surface area contributed by atoms with Gasteiger partial charge in [-0.15, -0.1) is 0 Å². The quantitative estimate of drug-likeness (QED) is 0.0222. The molecule has 0 bridgehead atoms. The molecule has 654 valence electrons. The van der Waals surface area contributed by atoms with Gasteiger partial charge in [0, 0.05) is 25.7 Å². The molecule has 0 heterocycles. The zero-order valence-electron chi connectivity index (χ0n) is 72.6. The van der Waals surface area contributed by atoms with Crippen molar-refractivity contribution in [3.8, 4) is 0 Å². The Morgan fingerprint density at radius 3 is 0.645 bits per heavy atom. The molecule has 7 atom stereocenters. The maximum absolute atomic E-state index is 13.2. The van der Waals surface area contributed by atoms with Gasteiger partial charge in [0.05, 0.1) is 26.4 Å². The Hall–Kier alpha value is -1.94. The summed E-state index contributed by atoms with van der Waals surface area (Å²) >= 11 is 0. The maximum atomic E-state index is 13.2. The Bertz CT molecular complexity index is 2100. The van der Waals surface area contributed by atoms with Gasteiger partial charge >= 0.3 is 39.5 Å². The van der Waals surface area contributed by atoms with Gasteiger partial charge in [-0.25, -0.2) is 9.13 Å². The number of esters is 4. The van der Waals surface area contributed by atoms with Crippen LogP contribution in [-0.2, 0) is 65.4 Å². The highest BCUT2D eigenvalue weighted by atomic mass is 31.2. The second kappa shape index (κ2) is 82.2. The molecule has 0 aliphatic rings. The van der Waals surface area contributed by atoms with Crippen molar-refractivity contribution in [3.63, 3.8) is 0 Å². The molecule has 0 rings (SSSR count). The summed E-state index contributed by atoms with van der Waals surface area (Å²) in [6.07, 6.45) is 76.5. The van der Waals surface area contributed by atoms with E-state index in [9.17, 15) is 43.2 Å². The molecule has 0 aromatic rings. The Balaban J connectivity index is 5.23. The van der Waals surface area contributed by atoms with E-state index in [1.165, 1.54) is 308 Å². The lowest BCUT2D eigenvalue weighted by molar-refractivity contribution is -0.161. The lowest BCUT2D eigenvalue weighted by Crippen LogP contribution is -2.30. The van der Waals surface area contributed by atoms with Crippen LogP contribution in [0.4, 0.5) is 0 Å². The Kier molecular flexibility index (Phi) is 80.7. The van der Waals surface area contributed by atoms with E-state index in [0.717, 1.165) is 102 Å². The Morgan fingerprint density at radius 1 is 0.255 bits per heavy atom. The zero-order valence-corrected chi connectivity index (χ0v) is 74.4. The minimum atomic E-state index is -4.97. The number of phosphoric ester groups is 2. The van der Waals surface area contributed by atoms with Crippen LogP contribution in [0, 0.1) is 11.8 Å². The zero-order chi connectivity index (χ0) is 80.6. The first-order valence-corrected chi connectivity index (χ1v) is 50.1. The third kappa shape index (κ3) is 81.2. The van der Waals surface area contributed by atoms with Crippen LogP contribution in [0.25, 0.3) is 0 Å². The summed E-state index contributed by atoms with van der Waals surface area (Å²) < 4.78 is 69.0. The first-order chi connectivity index (χ1) is 53.4. The molecule has 4 unspecified atom stereocenters. The molecule has 110 heavy (non-hydrogen) atoms. The molecular weight excluding hydrogens is 1430 g/mol. The van der Waals surface area contributed by atoms with Crippen molar-refractivity contribution < 1.29 is 80.2 Å². The van der Waals surface area contributed by atoms with E-state index in [-0.39, 0.29) is 25.7 Å². The molecule has 0 aromatic heterocycles. The summed E-state index contributed by atoms with van der Waals surface area (Å²) in [4.78, 5) is 73.4. The first kappa shape index (κ1) is 108. The number of rotatable bonds is 90. The Labute approximate surface area is 677 Å². The van der Waals surface area contributed by atoms with Gasteiger partial charge in [-0.05, 0) is 37.5 Å². The van der Waals surface area contributed by atoms with Crippen LogP contribution in [-0.4, -0.2) is 96.7 Å². The van der Waals surface area contributed by atoms with Gasteiger partial charge in [0.15, 0.2) is 12.2 Å². The summed E-state index contributed by atoms with van der Waals surface area (Å²) in [5.74, 6) is -0.519. The molecular formula is C91H178O17P2. The number of aliphatic hydroxyl groups excluding tert-OH is 1. The van der Waals surface area contributed by atoms with E-state index in [1.54, 1.807) is 0 Å². The predicted octanol–water partition coefficient (Wildman–Crippen LogP) is 28.2. The number of phosphoric acid groups is 2. The van der Waals surface area contributed by atoms with E-state index in [0.29, 0.717) is 25.7 Å². The molecule has 0 spiro atoms. The van der Waals surface area contributed by atoms with E-state index in [1.807, 2.05) is 0 Å². The number of ether oxygens (including phenoxy) is 4. The molecule has 0 aliphatic carbocycles. The smallest absolute Gasteiger partial charge is 0.462 e. The number of carbonyl (C=O) groups excluding carboxylic acids is 4. The monoisotopic (exact) mass is 1610 g/mol. The van der Waals surface area contributed by atoms with Crippen molar-refractivity contribution in [3.05, 3.63) is 0 Å². The molecule has 19 heteroatoms. The van der Waals surface area contributed by atoms with Crippen LogP contribution in [0.2, 0.25) is 0 Å². The second-order valence-corrected chi connectivity index (χ2v) is 36.1. The van der Waals surface area contributed by atoms with Crippen LogP contribution >= 0.6 is 15.6 Å². The minimum absolute atomic E-state index is 0.106. The van der Waals surface area contributed by atoms with Crippen molar-refractivity contribution >= 4 is 39.5 Å². The summed E-state index contributed by atoms with van der Waals surface area (Å²) in [5.41, 5.74) is 0. The van der Waals surface area contributed by atoms with Crippen LogP contribution in [0.3, 0.4) is 0 Å². The van der Waals surface area contributed by atoms with Gasteiger partial charge in [-0.3, -0.25) is 37.3 Å². The van der Waals surface area contributed by atoms with Crippen molar-refractivity contribution in [1.82, 2.24) is 0 Å². The molecule has 0 saturated heterocycles. The number of carbonyl (C=O) groups is 4. The number of hydrogen-bond donors (Lipinski definition) is 3. The van der Waals surface area contributed by atoms with E-state index < -0.39 is 97.5 Å². The third-order valence-electron chi connectivity index (χ3n) is 22.2. The van der Waals surface area contributed by atoms with E-state index >= 15 is 0 Å². The topological polar surface area (TPSA) is 237 Å². The second-order valence-electron chi connectivity index (χ2n) is 33.2. The van der Waals surface area contributed by atoms with Gasteiger partial charge in [0.25, 0.3) is 0 Å². The van der Waals surface area contributed by atoms with Crippen molar-refractivity contribution in [2.75, 3.05) is 39.6 Å². The molecule has 0 aromatic carbocycles. The largest absolute Gasteiger partial charge is 0.472 e. The predicted molar refractivity (Wildman–Crippen MR) is 455 cm³/mol. The fraction of sp³-hybridized carbons (Fsp3) is 0.956. The highest BCUT2D eigenvalue weighted by Gasteiger charge is 2.31. The lowest BCUT2D eigenvalue weighted by atomic mass is 9.99. The van der Waals surface area contributed by atoms with Gasteiger partial charge in [-0.2, -0.15) is 0 Å². The van der Waals surface area contributed by atoms with Crippen molar-refractivity contribution in [2.45, 2.75) is 509 Å². The fourth-order valence-electron chi connectivity index (χ4n) is 14.2. The first-order valence-electron chi connectivity index (χ1n) is 47.1. The third-order valence-corrected chi connectivity index (χ3v) is 24.1. The Morgan fingerprint density at radius 2 is 0.436 bits per heavy atom. The summed E-state index contributed by atoms with van der Waals surface area (Å²) in [5, 5.41) is 10.7. The summed E-state index contributed by atoms with van der Waals surface area (Å²) in [6.45, 7) is 9.72. The lowest BCUT2D eigenvalue weighted by Gasteiger charge is -2.21. The minimum Gasteiger partial charge on any atom is -0.462 e. The number of aliphatic hydroxyl groups is 1. The standard InChI is InChI=1S/C91H178O17P2/c1-7-11-13-15-17-19-21-23-25-27-29-31-33-35-37-39-41-43-48-55-61-67-73-88(93)101-79-86(107-90(95)75-69-63-57-49-44-42-40-38-36-34-32-30-28-26-24-22-20-18-16-14-12-8-2)81-105-109(97,98)103-77-85(92)78-104-110(99,100)106-82-87(80-102-89(94)74-68-62-56-52-51-54-60-66-72-84(6)10-4)108-91(96)76-70-64-58-50-46-45-47-53-59-65-71-83(5)9-3/h83-87,92H,7-82H2,1-6H3,(H,97,98)(H,99,100)/t83?,84?,85-,86-,87-/m1/s1. The molecule has 0 fully saturated rings. The number of unbranched alkanes of at least 4 members (excludes halogenated alkanes) is 58. The van der Waals surface area contributed by atoms with Gasteiger partial charge in [0.1, 0.15) is 19.3 Å². The molecule has 0 radical (unpaired) electrons. The van der Waals surface area contributed by atoms with Crippen molar-refractivity contribution in [1.29, 1.82) is 0 Å². The van der Waals surface area contributed by atoms with Crippen molar-refractivity contribution in [2.24, 2.45) is 11.8 Å². The SMILES string of the molecule is CCCCCCCCCCCCCCCCCCCCCCCCC(=O)OC[C@H](COP(=O)(O)OC[C@@H](O)COP(=O)(O)OC[C@@H](COC(=O)CCCCCCCCCCC(C)CC)OC(=O)CCCCCCCCCCCCC(C)CC)OC(=O)CCCCCCCCCCCCCCCCCCCCCCCC. The van der Waals surface area contributed by atoms with Crippen LogP contribution < -0.4 is 0 Å². The summed E-state index contributed by atoms with van der Waals surface area (Å²) in [7, 11) is -9.94. The van der Waals surface area contributed by atoms with Crippen LogP contribution in [0.15, 0.2) is 0 Å². The molecule has 0 saturated carbocycles. The van der Waals surface area contributed by atoms with Crippen LogP contribution in [0.5, 0.6) is 0 Å². The summed E-state index contributed by atoms with van der Waals surface area (Å²) in [6, 6.07) is 0. The molecule has 3 N–H and O–H groups in total. The molecule has 0 amide bonds. The highest BCUT2D eigenvalue weighted by molar-refractivity contribution is 7.47. The average Bonchev–Trinajstić information content (AvgIpc) is 0.897. The van der Waals surface area contributed by atoms with Gasteiger partial charge in [-0.1, -0.05) is 440 Å². The normalized spacial score (nSPS) is 14.2. The van der Waals surface area contributed by atoms with E-state index in [4.69, 9.17) is 37.0 Å². The van der Waals surface area contributed by atoms with Gasteiger partial charge < -0.3 is 33.8 Å². The molecule has 0 aliphatic heterocycles. The maximum Gasteiger partial charge on any atom is 0.472 e. The highest BCUT2D eigenvalue weighted by Crippen LogP contribution is 2.45. The number of hydrogen-bond acceptors (Lipinski definition) is 15. The van der Waals surface area contributed by atoms with Crippen LogP contribution in [0.1, 0.15) is 491 Å². The average molecular weight is 1610 g/mol. The molecule has 17 nitrogen and oxygen atoms in total. The fourth-order valence-corrected chi connectivity index (χ4v) is 15.8.